The minimum Gasteiger partial charge on any atom is -0.494 e. The van der Waals surface area contributed by atoms with E-state index < -0.39 is 0 Å². The molecule has 0 fully saturated rings. The maximum Gasteiger partial charge on any atom is 0.234 e. The SMILES string of the molecule is CCCN(CCC)CC(=O)NCc1cccc(OCC)c1. The largest absolute Gasteiger partial charge is 0.494 e. The van der Waals surface area contributed by atoms with Gasteiger partial charge in [0.15, 0.2) is 0 Å². The van der Waals surface area contributed by atoms with E-state index in [1.165, 1.54) is 0 Å². The van der Waals surface area contributed by atoms with Gasteiger partial charge in [0.1, 0.15) is 5.75 Å². The van der Waals surface area contributed by atoms with Gasteiger partial charge in [-0.05, 0) is 50.6 Å². The third kappa shape index (κ3) is 7.14. The van der Waals surface area contributed by atoms with Crippen molar-refractivity contribution in [2.24, 2.45) is 0 Å². The van der Waals surface area contributed by atoms with Crippen molar-refractivity contribution >= 4 is 5.91 Å². The quantitative estimate of drug-likeness (QED) is 0.721. The minimum atomic E-state index is 0.0821. The van der Waals surface area contributed by atoms with Crippen molar-refractivity contribution in [3.63, 3.8) is 0 Å². The van der Waals surface area contributed by atoms with Crippen molar-refractivity contribution in [2.45, 2.75) is 40.2 Å². The fourth-order valence-electron chi connectivity index (χ4n) is 2.27. The summed E-state index contributed by atoms with van der Waals surface area (Å²) in [6.07, 6.45) is 2.15. The summed E-state index contributed by atoms with van der Waals surface area (Å²) in [7, 11) is 0. The summed E-state index contributed by atoms with van der Waals surface area (Å²) >= 11 is 0. The van der Waals surface area contributed by atoms with Crippen molar-refractivity contribution in [3.05, 3.63) is 29.8 Å². The number of benzene rings is 1. The first-order chi connectivity index (χ1) is 10.2. The Morgan fingerprint density at radius 2 is 1.90 bits per heavy atom. The van der Waals surface area contributed by atoms with E-state index in [0.29, 0.717) is 19.7 Å². The maximum atomic E-state index is 12.0. The number of carbonyl (C=O) groups excluding carboxylic acids is 1. The molecule has 0 saturated heterocycles. The minimum absolute atomic E-state index is 0.0821. The molecule has 118 valence electrons. The zero-order valence-corrected chi connectivity index (χ0v) is 13.5. The number of amides is 1. The monoisotopic (exact) mass is 292 g/mol. The molecule has 0 aromatic heterocycles. The van der Waals surface area contributed by atoms with Crippen LogP contribution in [0.5, 0.6) is 5.75 Å². The smallest absolute Gasteiger partial charge is 0.234 e. The van der Waals surface area contributed by atoms with Gasteiger partial charge in [-0.2, -0.15) is 0 Å². The van der Waals surface area contributed by atoms with Crippen LogP contribution in [-0.4, -0.2) is 37.0 Å². The van der Waals surface area contributed by atoms with E-state index in [1.807, 2.05) is 31.2 Å². The lowest BCUT2D eigenvalue weighted by Gasteiger charge is -2.20. The van der Waals surface area contributed by atoms with Gasteiger partial charge in [-0.3, -0.25) is 9.69 Å². The number of ether oxygens (including phenoxy) is 1. The van der Waals surface area contributed by atoms with Gasteiger partial charge in [0.05, 0.1) is 13.2 Å². The van der Waals surface area contributed by atoms with E-state index in [1.54, 1.807) is 0 Å². The molecule has 0 atom stereocenters. The lowest BCUT2D eigenvalue weighted by molar-refractivity contribution is -0.122. The summed E-state index contributed by atoms with van der Waals surface area (Å²) < 4.78 is 5.46. The van der Waals surface area contributed by atoms with E-state index >= 15 is 0 Å². The topological polar surface area (TPSA) is 41.6 Å². The van der Waals surface area contributed by atoms with Crippen LogP contribution in [0.4, 0.5) is 0 Å². The third-order valence-corrected chi connectivity index (χ3v) is 3.15. The van der Waals surface area contributed by atoms with Gasteiger partial charge in [-0.25, -0.2) is 0 Å². The number of rotatable bonds is 10. The van der Waals surface area contributed by atoms with Gasteiger partial charge in [0.2, 0.25) is 5.91 Å². The molecule has 0 radical (unpaired) electrons. The average Bonchev–Trinajstić information content (AvgIpc) is 2.46. The molecule has 0 unspecified atom stereocenters. The normalized spacial score (nSPS) is 10.7. The highest BCUT2D eigenvalue weighted by molar-refractivity contribution is 5.78. The lowest BCUT2D eigenvalue weighted by atomic mass is 10.2. The molecule has 0 spiro atoms. The summed E-state index contributed by atoms with van der Waals surface area (Å²) in [4.78, 5) is 14.2. The molecule has 0 aliphatic rings. The molecule has 1 N–H and O–H groups in total. The number of nitrogens with one attached hydrogen (secondary N) is 1. The van der Waals surface area contributed by atoms with Crippen LogP contribution in [-0.2, 0) is 11.3 Å². The number of hydrogen-bond donors (Lipinski definition) is 1. The Labute approximate surface area is 128 Å². The highest BCUT2D eigenvalue weighted by atomic mass is 16.5. The molecule has 1 aromatic carbocycles. The van der Waals surface area contributed by atoms with Crippen LogP contribution < -0.4 is 10.1 Å². The summed E-state index contributed by atoms with van der Waals surface area (Å²) in [5.74, 6) is 0.932. The van der Waals surface area contributed by atoms with E-state index in [9.17, 15) is 4.79 Å². The number of nitrogens with zero attached hydrogens (tertiary/aromatic N) is 1. The molecule has 21 heavy (non-hydrogen) atoms. The van der Waals surface area contributed by atoms with Crippen LogP contribution in [0.2, 0.25) is 0 Å². The molecular formula is C17H28N2O2. The van der Waals surface area contributed by atoms with E-state index in [4.69, 9.17) is 4.74 Å². The highest BCUT2D eigenvalue weighted by Crippen LogP contribution is 2.12. The molecule has 1 amide bonds. The number of carbonyl (C=O) groups is 1. The van der Waals surface area contributed by atoms with Crippen LogP contribution in [0.15, 0.2) is 24.3 Å². The Hall–Kier alpha value is -1.55. The van der Waals surface area contributed by atoms with Gasteiger partial charge in [0, 0.05) is 6.54 Å². The molecule has 0 aliphatic carbocycles. The zero-order valence-electron chi connectivity index (χ0n) is 13.5. The first-order valence-corrected chi connectivity index (χ1v) is 7.90. The van der Waals surface area contributed by atoms with Crippen molar-refractivity contribution in [1.82, 2.24) is 10.2 Å². The number of hydrogen-bond acceptors (Lipinski definition) is 3. The lowest BCUT2D eigenvalue weighted by Crippen LogP contribution is -2.37. The van der Waals surface area contributed by atoms with E-state index in [-0.39, 0.29) is 5.91 Å². The molecule has 0 heterocycles. The Kier molecular flexibility index (Phi) is 8.51. The van der Waals surface area contributed by atoms with Crippen LogP contribution in [0.3, 0.4) is 0 Å². The van der Waals surface area contributed by atoms with Gasteiger partial charge < -0.3 is 10.1 Å². The molecule has 4 nitrogen and oxygen atoms in total. The second kappa shape index (κ2) is 10.2. The van der Waals surface area contributed by atoms with Gasteiger partial charge in [-0.15, -0.1) is 0 Å². The second-order valence-electron chi connectivity index (χ2n) is 5.13. The van der Waals surface area contributed by atoms with Crippen molar-refractivity contribution in [2.75, 3.05) is 26.2 Å². The highest BCUT2D eigenvalue weighted by Gasteiger charge is 2.08. The molecule has 4 heteroatoms. The predicted octanol–water partition coefficient (Wildman–Crippen LogP) is 2.82. The summed E-state index contributed by atoms with van der Waals surface area (Å²) in [6, 6.07) is 7.85. The molecule has 0 aliphatic heterocycles. The van der Waals surface area contributed by atoms with Crippen LogP contribution >= 0.6 is 0 Å². The van der Waals surface area contributed by atoms with Crippen LogP contribution in [0.25, 0.3) is 0 Å². The van der Waals surface area contributed by atoms with Crippen molar-refractivity contribution in [3.8, 4) is 5.75 Å². The van der Waals surface area contributed by atoms with E-state index in [0.717, 1.165) is 37.2 Å². The zero-order chi connectivity index (χ0) is 15.5. The Morgan fingerprint density at radius 1 is 1.19 bits per heavy atom. The summed E-state index contributed by atoms with van der Waals surface area (Å²) in [5.41, 5.74) is 1.06. The van der Waals surface area contributed by atoms with Crippen LogP contribution in [0, 0.1) is 0 Å². The third-order valence-electron chi connectivity index (χ3n) is 3.15. The molecule has 0 bridgehead atoms. The fraction of sp³-hybridized carbons (Fsp3) is 0.588. The Balaban J connectivity index is 2.42. The van der Waals surface area contributed by atoms with Gasteiger partial charge >= 0.3 is 0 Å². The molecule has 1 rings (SSSR count). The Bertz CT molecular complexity index is 415. The second-order valence-corrected chi connectivity index (χ2v) is 5.13. The van der Waals surface area contributed by atoms with E-state index in [2.05, 4.69) is 24.1 Å². The van der Waals surface area contributed by atoms with Crippen LogP contribution in [0.1, 0.15) is 39.2 Å². The first-order valence-electron chi connectivity index (χ1n) is 7.90. The van der Waals surface area contributed by atoms with Crippen molar-refractivity contribution < 1.29 is 9.53 Å². The molecule has 0 saturated carbocycles. The standard InChI is InChI=1S/C17H28N2O2/c1-4-10-19(11-5-2)14-17(20)18-13-15-8-7-9-16(12-15)21-6-3/h7-9,12H,4-6,10-11,13-14H2,1-3H3,(H,18,20). The summed E-state index contributed by atoms with van der Waals surface area (Å²) in [5, 5.41) is 2.98. The maximum absolute atomic E-state index is 12.0. The molecule has 1 aromatic rings. The molecular weight excluding hydrogens is 264 g/mol. The van der Waals surface area contributed by atoms with Crippen molar-refractivity contribution in [1.29, 1.82) is 0 Å². The van der Waals surface area contributed by atoms with Gasteiger partial charge in [-0.1, -0.05) is 26.0 Å². The summed E-state index contributed by atoms with van der Waals surface area (Å²) in [6.45, 7) is 9.86. The Morgan fingerprint density at radius 3 is 2.52 bits per heavy atom. The predicted molar refractivity (Wildman–Crippen MR) is 86.5 cm³/mol. The average molecular weight is 292 g/mol. The first kappa shape index (κ1) is 17.5. The fourth-order valence-corrected chi connectivity index (χ4v) is 2.27. The van der Waals surface area contributed by atoms with Gasteiger partial charge in [0.25, 0.3) is 0 Å².